The molecule has 3 fully saturated rings. The van der Waals surface area contributed by atoms with Crippen LogP contribution in [0, 0.1) is 17.3 Å². The van der Waals surface area contributed by atoms with Crippen LogP contribution >= 0.6 is 0 Å². The number of fused-ring (bicyclic) bond motifs is 3. The zero-order valence-electron chi connectivity index (χ0n) is 26.4. The first kappa shape index (κ1) is 35.1. The topological polar surface area (TPSA) is 72.8 Å². The first-order valence-corrected chi connectivity index (χ1v) is 17.5. The van der Waals surface area contributed by atoms with Crippen LogP contribution in [0.4, 0.5) is 0 Å². The zero-order valence-corrected chi connectivity index (χ0v) is 26.4. The average Bonchev–Trinajstić information content (AvgIpc) is 2.96. The summed E-state index contributed by atoms with van der Waals surface area (Å²) in [4.78, 5) is 24.3. The molecule has 0 aliphatic heterocycles. The van der Waals surface area contributed by atoms with Crippen LogP contribution in [-0.2, 0) is 19.1 Å². The van der Waals surface area contributed by atoms with Crippen molar-refractivity contribution < 1.29 is 24.2 Å². The lowest BCUT2D eigenvalue weighted by Gasteiger charge is -2.46. The highest BCUT2D eigenvalue weighted by molar-refractivity contribution is 5.69. The molecule has 3 aliphatic rings. The van der Waals surface area contributed by atoms with Gasteiger partial charge < -0.3 is 14.6 Å². The van der Waals surface area contributed by atoms with Crippen molar-refractivity contribution in [1.82, 2.24) is 0 Å². The highest BCUT2D eigenvalue weighted by atomic mass is 16.5. The minimum absolute atomic E-state index is 0.0473. The third-order valence-electron chi connectivity index (χ3n) is 9.97. The summed E-state index contributed by atoms with van der Waals surface area (Å²) >= 11 is 0. The summed E-state index contributed by atoms with van der Waals surface area (Å²) in [7, 11) is 0. The SMILES string of the molecule is CCCCCC(CCCCC)CCOC(=O)CCCCCCCC(O)CCC(=O)OCCC12CCC(CC1)CC2. The van der Waals surface area contributed by atoms with Gasteiger partial charge in [0.15, 0.2) is 0 Å². The maximum atomic E-state index is 12.1. The Morgan fingerprint density at radius 3 is 1.88 bits per heavy atom. The molecule has 234 valence electrons. The highest BCUT2D eigenvalue weighted by Crippen LogP contribution is 2.52. The summed E-state index contributed by atoms with van der Waals surface area (Å²) in [5.41, 5.74) is 0.444. The molecule has 0 heterocycles. The van der Waals surface area contributed by atoms with E-state index in [1.54, 1.807) is 0 Å². The predicted molar refractivity (Wildman–Crippen MR) is 164 cm³/mol. The smallest absolute Gasteiger partial charge is 0.305 e. The van der Waals surface area contributed by atoms with Gasteiger partial charge in [-0.15, -0.1) is 0 Å². The Kier molecular flexibility index (Phi) is 18.9. The monoisotopic (exact) mass is 564 g/mol. The first-order chi connectivity index (χ1) is 19.5. The van der Waals surface area contributed by atoms with Crippen molar-refractivity contribution in [2.24, 2.45) is 17.3 Å². The minimum atomic E-state index is -0.428. The van der Waals surface area contributed by atoms with Crippen molar-refractivity contribution in [3.63, 3.8) is 0 Å². The van der Waals surface area contributed by atoms with Gasteiger partial charge in [-0.2, -0.15) is 0 Å². The summed E-state index contributed by atoms with van der Waals surface area (Å²) in [6.07, 6.45) is 27.0. The number of hydrogen-bond acceptors (Lipinski definition) is 5. The second-order valence-corrected chi connectivity index (χ2v) is 13.3. The predicted octanol–water partition coefficient (Wildman–Crippen LogP) is 9.47. The second-order valence-electron chi connectivity index (χ2n) is 13.3. The normalized spacial score (nSPS) is 21.1. The van der Waals surface area contributed by atoms with Crippen molar-refractivity contribution in [2.45, 2.75) is 180 Å². The van der Waals surface area contributed by atoms with Crippen LogP contribution in [0.5, 0.6) is 0 Å². The lowest BCUT2D eigenvalue weighted by molar-refractivity contribution is -0.146. The maximum Gasteiger partial charge on any atom is 0.305 e. The fraction of sp³-hybridized carbons (Fsp3) is 0.943. The van der Waals surface area contributed by atoms with E-state index in [4.69, 9.17) is 9.47 Å². The quantitative estimate of drug-likeness (QED) is 0.0883. The number of aliphatic hydroxyl groups excluding tert-OH is 1. The number of esters is 2. The van der Waals surface area contributed by atoms with Crippen LogP contribution in [0.3, 0.4) is 0 Å². The molecule has 0 saturated heterocycles. The Morgan fingerprint density at radius 2 is 1.23 bits per heavy atom. The van der Waals surface area contributed by atoms with Gasteiger partial charge in [0.25, 0.3) is 0 Å². The third-order valence-corrected chi connectivity index (χ3v) is 9.97. The van der Waals surface area contributed by atoms with Crippen molar-refractivity contribution in [2.75, 3.05) is 13.2 Å². The molecule has 2 bridgehead atoms. The molecule has 0 aromatic heterocycles. The summed E-state index contributed by atoms with van der Waals surface area (Å²) in [6, 6.07) is 0. The van der Waals surface area contributed by atoms with E-state index in [1.165, 1.54) is 89.9 Å². The van der Waals surface area contributed by atoms with Crippen LogP contribution in [0.2, 0.25) is 0 Å². The minimum Gasteiger partial charge on any atom is -0.466 e. The van der Waals surface area contributed by atoms with Crippen LogP contribution in [0.1, 0.15) is 174 Å². The van der Waals surface area contributed by atoms with Crippen molar-refractivity contribution in [3.8, 4) is 0 Å². The van der Waals surface area contributed by atoms with E-state index < -0.39 is 6.10 Å². The first-order valence-electron chi connectivity index (χ1n) is 17.5. The third kappa shape index (κ3) is 15.8. The number of ether oxygens (including phenoxy) is 2. The summed E-state index contributed by atoms with van der Waals surface area (Å²) < 4.78 is 11.1. The number of hydrogen-bond donors (Lipinski definition) is 1. The molecule has 0 aromatic carbocycles. The molecule has 1 N–H and O–H groups in total. The lowest BCUT2D eigenvalue weighted by atomic mass is 9.59. The summed E-state index contributed by atoms with van der Waals surface area (Å²) in [5.74, 6) is 1.46. The van der Waals surface area contributed by atoms with Gasteiger partial charge in [0.1, 0.15) is 0 Å². The van der Waals surface area contributed by atoms with E-state index in [0.29, 0.717) is 43.8 Å². The van der Waals surface area contributed by atoms with Crippen LogP contribution in [-0.4, -0.2) is 36.4 Å². The molecule has 3 saturated carbocycles. The number of carbonyl (C=O) groups is 2. The van der Waals surface area contributed by atoms with Crippen molar-refractivity contribution in [1.29, 1.82) is 0 Å². The van der Waals surface area contributed by atoms with Gasteiger partial charge in [0, 0.05) is 12.8 Å². The molecule has 3 rings (SSSR count). The van der Waals surface area contributed by atoms with E-state index in [2.05, 4.69) is 13.8 Å². The average molecular weight is 565 g/mol. The molecule has 1 atom stereocenters. The lowest BCUT2D eigenvalue weighted by Crippen LogP contribution is -2.35. The molecule has 0 spiro atoms. The number of rotatable bonds is 25. The number of aliphatic hydroxyl groups is 1. The maximum absolute atomic E-state index is 12.1. The van der Waals surface area contributed by atoms with E-state index >= 15 is 0 Å². The van der Waals surface area contributed by atoms with Crippen molar-refractivity contribution in [3.05, 3.63) is 0 Å². The Balaban J connectivity index is 1.39. The Hall–Kier alpha value is -1.10. The van der Waals surface area contributed by atoms with Gasteiger partial charge in [0.2, 0.25) is 0 Å². The van der Waals surface area contributed by atoms with Crippen LogP contribution in [0.25, 0.3) is 0 Å². The molecule has 0 amide bonds. The summed E-state index contributed by atoms with van der Waals surface area (Å²) in [5, 5.41) is 10.3. The van der Waals surface area contributed by atoms with Gasteiger partial charge in [0.05, 0.1) is 19.3 Å². The number of carbonyl (C=O) groups excluding carboxylic acids is 2. The Morgan fingerprint density at radius 1 is 0.675 bits per heavy atom. The Bertz CT molecular complexity index is 630. The standard InChI is InChI=1S/C35H64O5/c1-3-5-10-14-30(15-11-6-4-2)23-28-39-33(37)17-13-9-7-8-12-16-32(36)18-19-34(38)40-29-27-35-24-20-31(21-25-35)22-26-35/h30-32,36H,3-29H2,1-2H3. The molecular formula is C35H64O5. The Labute approximate surface area is 246 Å². The van der Waals surface area contributed by atoms with E-state index in [0.717, 1.165) is 57.3 Å². The number of unbranched alkanes of at least 4 members (excludes halogenated alkanes) is 8. The van der Waals surface area contributed by atoms with Gasteiger partial charge in [-0.25, -0.2) is 0 Å². The van der Waals surface area contributed by atoms with Gasteiger partial charge in [-0.3, -0.25) is 9.59 Å². The molecule has 0 aromatic rings. The zero-order chi connectivity index (χ0) is 28.9. The summed E-state index contributed by atoms with van der Waals surface area (Å²) in [6.45, 7) is 5.62. The fourth-order valence-electron chi connectivity index (χ4n) is 6.99. The molecule has 5 heteroatoms. The van der Waals surface area contributed by atoms with Gasteiger partial charge in [-0.05, 0) is 87.9 Å². The molecule has 3 aliphatic carbocycles. The van der Waals surface area contributed by atoms with Gasteiger partial charge >= 0.3 is 11.9 Å². The van der Waals surface area contributed by atoms with Crippen LogP contribution in [0.15, 0.2) is 0 Å². The molecule has 5 nitrogen and oxygen atoms in total. The highest BCUT2D eigenvalue weighted by Gasteiger charge is 2.40. The van der Waals surface area contributed by atoms with Crippen molar-refractivity contribution >= 4 is 11.9 Å². The van der Waals surface area contributed by atoms with E-state index in [9.17, 15) is 14.7 Å². The van der Waals surface area contributed by atoms with E-state index in [-0.39, 0.29) is 11.9 Å². The second kappa shape index (κ2) is 21.6. The molecular weight excluding hydrogens is 500 g/mol. The fourth-order valence-corrected chi connectivity index (χ4v) is 6.99. The molecule has 0 radical (unpaired) electrons. The van der Waals surface area contributed by atoms with Crippen LogP contribution < -0.4 is 0 Å². The molecule has 40 heavy (non-hydrogen) atoms. The van der Waals surface area contributed by atoms with Gasteiger partial charge in [-0.1, -0.05) is 90.9 Å². The van der Waals surface area contributed by atoms with E-state index in [1.807, 2.05) is 0 Å². The molecule has 1 unspecified atom stereocenters. The largest absolute Gasteiger partial charge is 0.466 e.